The van der Waals surface area contributed by atoms with Crippen molar-refractivity contribution in [2.45, 2.75) is 30.2 Å². The molecule has 0 radical (unpaired) electrons. The van der Waals surface area contributed by atoms with Crippen LogP contribution in [0.25, 0.3) is 0 Å². The van der Waals surface area contributed by atoms with Crippen LogP contribution in [0.15, 0.2) is 23.1 Å². The number of ether oxygens (including phenoxy) is 2. The molecule has 2 bridgehead atoms. The van der Waals surface area contributed by atoms with Crippen LogP contribution in [0.3, 0.4) is 0 Å². The number of fused-ring (bicyclic) bond motifs is 5. The number of thioether (sulfide) groups is 1. The first kappa shape index (κ1) is 17.5. The third-order valence-electron chi connectivity index (χ3n) is 5.42. The van der Waals surface area contributed by atoms with E-state index < -0.39 is 0 Å². The van der Waals surface area contributed by atoms with Gasteiger partial charge in [-0.2, -0.15) is 0 Å². The molecule has 4 aliphatic heterocycles. The van der Waals surface area contributed by atoms with Crippen LogP contribution in [-0.2, 0) is 9.59 Å². The first-order valence-electron chi connectivity index (χ1n) is 9.18. The summed E-state index contributed by atoms with van der Waals surface area (Å²) in [5.41, 5.74) is 0. The van der Waals surface area contributed by atoms with Gasteiger partial charge in [0.1, 0.15) is 13.2 Å². The van der Waals surface area contributed by atoms with Crippen LogP contribution in [-0.4, -0.2) is 66.8 Å². The van der Waals surface area contributed by atoms with Crippen molar-refractivity contribution < 1.29 is 19.1 Å². The summed E-state index contributed by atoms with van der Waals surface area (Å²) in [5, 5.41) is 0. The third kappa shape index (κ3) is 3.49. The lowest BCUT2D eigenvalue weighted by molar-refractivity contribution is -0.138. The lowest BCUT2D eigenvalue weighted by atomic mass is 9.95. The van der Waals surface area contributed by atoms with Crippen molar-refractivity contribution in [1.29, 1.82) is 0 Å². The zero-order chi connectivity index (χ0) is 18.1. The highest BCUT2D eigenvalue weighted by Crippen LogP contribution is 2.34. The summed E-state index contributed by atoms with van der Waals surface area (Å²) in [4.78, 5) is 29.7. The number of amides is 2. The molecule has 2 atom stereocenters. The first-order valence-corrected chi connectivity index (χ1v) is 10.2. The van der Waals surface area contributed by atoms with E-state index in [2.05, 4.69) is 0 Å². The van der Waals surface area contributed by atoms with Crippen LogP contribution >= 0.6 is 11.8 Å². The molecule has 0 aromatic heterocycles. The van der Waals surface area contributed by atoms with E-state index in [4.69, 9.17) is 9.47 Å². The average Bonchev–Trinajstić information content (AvgIpc) is 2.95. The smallest absolute Gasteiger partial charge is 0.227 e. The Morgan fingerprint density at radius 3 is 2.85 bits per heavy atom. The number of carbonyl (C=O) groups is 2. The van der Waals surface area contributed by atoms with Crippen LogP contribution in [0.2, 0.25) is 0 Å². The van der Waals surface area contributed by atoms with E-state index in [0.717, 1.165) is 29.2 Å². The van der Waals surface area contributed by atoms with Crippen molar-refractivity contribution in [3.8, 4) is 11.5 Å². The molecule has 6 nitrogen and oxygen atoms in total. The average molecular weight is 376 g/mol. The van der Waals surface area contributed by atoms with Gasteiger partial charge in [-0.3, -0.25) is 9.59 Å². The molecule has 4 aliphatic rings. The summed E-state index contributed by atoms with van der Waals surface area (Å²) >= 11 is 1.65. The van der Waals surface area contributed by atoms with Gasteiger partial charge in [0.15, 0.2) is 11.5 Å². The van der Waals surface area contributed by atoms with Gasteiger partial charge < -0.3 is 19.3 Å². The molecule has 4 heterocycles. The van der Waals surface area contributed by atoms with Gasteiger partial charge in [-0.1, -0.05) is 0 Å². The van der Waals surface area contributed by atoms with Crippen molar-refractivity contribution >= 4 is 23.6 Å². The number of nitrogens with zero attached hydrogens (tertiary/aromatic N) is 2. The highest BCUT2D eigenvalue weighted by atomic mass is 32.2. The summed E-state index contributed by atoms with van der Waals surface area (Å²) in [6.07, 6.45) is 2.39. The number of rotatable bonds is 4. The minimum absolute atomic E-state index is 0.0202. The standard InChI is InChI=1S/C19H24N2O4S/c1-20-14-3-2-13(19(20)23)11-21(12-14)18(22)6-9-26-15-4-5-16-17(10-15)25-8-7-24-16/h4-5,10,13-14H,2-3,6-9,11-12H2,1H3/t13-,14+/m0/s1. The largest absolute Gasteiger partial charge is 0.486 e. The summed E-state index contributed by atoms with van der Waals surface area (Å²) < 4.78 is 11.1. The fourth-order valence-electron chi connectivity index (χ4n) is 3.89. The second-order valence-corrected chi connectivity index (χ2v) is 8.25. The Kier molecular flexibility index (Phi) is 4.98. The van der Waals surface area contributed by atoms with Crippen molar-refractivity contribution in [3.05, 3.63) is 18.2 Å². The second-order valence-electron chi connectivity index (χ2n) is 7.08. The summed E-state index contributed by atoms with van der Waals surface area (Å²) in [6.45, 7) is 2.41. The highest BCUT2D eigenvalue weighted by molar-refractivity contribution is 7.99. The maximum absolute atomic E-state index is 12.6. The van der Waals surface area contributed by atoms with E-state index in [0.29, 0.717) is 38.5 Å². The number of hydrogen-bond donors (Lipinski definition) is 0. The minimum atomic E-state index is -0.0202. The van der Waals surface area contributed by atoms with Gasteiger partial charge in [-0.15, -0.1) is 11.8 Å². The molecule has 1 aromatic rings. The van der Waals surface area contributed by atoms with Gasteiger partial charge in [0, 0.05) is 43.2 Å². The molecule has 3 fully saturated rings. The zero-order valence-corrected chi connectivity index (χ0v) is 15.8. The topological polar surface area (TPSA) is 59.1 Å². The van der Waals surface area contributed by atoms with Crippen LogP contribution < -0.4 is 9.47 Å². The van der Waals surface area contributed by atoms with Crippen LogP contribution in [0, 0.1) is 5.92 Å². The quantitative estimate of drug-likeness (QED) is 0.753. The molecule has 26 heavy (non-hydrogen) atoms. The Bertz CT molecular complexity index is 711. The fourth-order valence-corrected chi connectivity index (χ4v) is 4.76. The molecule has 0 N–H and O–H groups in total. The van der Waals surface area contributed by atoms with Crippen molar-refractivity contribution in [2.75, 3.05) is 39.1 Å². The molecule has 7 heteroatoms. The minimum Gasteiger partial charge on any atom is -0.486 e. The summed E-state index contributed by atoms with van der Waals surface area (Å²) in [7, 11) is 1.87. The Balaban J connectivity index is 1.31. The van der Waals surface area contributed by atoms with E-state index in [1.54, 1.807) is 11.8 Å². The molecule has 5 rings (SSSR count). The summed E-state index contributed by atoms with van der Waals surface area (Å²) in [5.74, 6) is 2.60. The van der Waals surface area contributed by atoms with Gasteiger partial charge in [0.25, 0.3) is 0 Å². The molecule has 140 valence electrons. The molecular formula is C19H24N2O4S. The Hall–Kier alpha value is -1.89. The van der Waals surface area contributed by atoms with Crippen molar-refractivity contribution in [1.82, 2.24) is 9.80 Å². The van der Waals surface area contributed by atoms with Crippen molar-refractivity contribution in [3.63, 3.8) is 0 Å². The van der Waals surface area contributed by atoms with Gasteiger partial charge in [-0.25, -0.2) is 0 Å². The Morgan fingerprint density at radius 1 is 1.19 bits per heavy atom. The predicted molar refractivity (Wildman–Crippen MR) is 98.6 cm³/mol. The number of hydrogen-bond acceptors (Lipinski definition) is 5. The number of carbonyl (C=O) groups excluding carboxylic acids is 2. The monoisotopic (exact) mass is 376 g/mol. The fraction of sp³-hybridized carbons (Fsp3) is 0.579. The predicted octanol–water partition coefficient (Wildman–Crippen LogP) is 2.02. The lowest BCUT2D eigenvalue weighted by Gasteiger charge is -2.32. The lowest BCUT2D eigenvalue weighted by Crippen LogP contribution is -2.45. The number of benzene rings is 1. The third-order valence-corrected chi connectivity index (χ3v) is 6.41. The highest BCUT2D eigenvalue weighted by Gasteiger charge is 2.39. The van der Waals surface area contributed by atoms with Gasteiger partial charge in [-0.05, 0) is 31.0 Å². The maximum atomic E-state index is 12.6. The molecule has 1 aromatic carbocycles. The molecule has 0 spiro atoms. The molecule has 0 unspecified atom stereocenters. The van der Waals surface area contributed by atoms with Gasteiger partial charge >= 0.3 is 0 Å². The van der Waals surface area contributed by atoms with Crippen LogP contribution in [0.1, 0.15) is 19.3 Å². The second kappa shape index (κ2) is 7.39. The van der Waals surface area contributed by atoms with Crippen LogP contribution in [0.4, 0.5) is 0 Å². The first-order chi connectivity index (χ1) is 12.6. The summed E-state index contributed by atoms with van der Waals surface area (Å²) in [6, 6.07) is 6.08. The Labute approximate surface area is 157 Å². The normalized spacial score (nSPS) is 24.6. The van der Waals surface area contributed by atoms with E-state index in [9.17, 15) is 9.59 Å². The molecule has 0 aliphatic carbocycles. The van der Waals surface area contributed by atoms with E-state index in [-0.39, 0.29) is 23.8 Å². The molecule has 0 saturated carbocycles. The Morgan fingerprint density at radius 2 is 2.00 bits per heavy atom. The molecular weight excluding hydrogens is 352 g/mol. The van der Waals surface area contributed by atoms with Gasteiger partial charge in [0.2, 0.25) is 11.8 Å². The zero-order valence-electron chi connectivity index (χ0n) is 15.0. The maximum Gasteiger partial charge on any atom is 0.227 e. The number of piperidine rings is 1. The number of likely N-dealkylation sites (N-methyl/N-ethyl adjacent to an activating group) is 1. The van der Waals surface area contributed by atoms with Gasteiger partial charge in [0.05, 0.1) is 5.92 Å². The van der Waals surface area contributed by atoms with E-state index in [1.807, 2.05) is 35.0 Å². The molecule has 3 saturated heterocycles. The SMILES string of the molecule is CN1C(=O)[C@H]2CC[C@@H]1CN(C(=O)CCSc1ccc3c(c1)OCCO3)C2. The van der Waals surface area contributed by atoms with E-state index in [1.165, 1.54) is 0 Å². The molecule has 2 amide bonds. The van der Waals surface area contributed by atoms with Crippen molar-refractivity contribution in [2.24, 2.45) is 5.92 Å². The van der Waals surface area contributed by atoms with Crippen LogP contribution in [0.5, 0.6) is 11.5 Å². The van der Waals surface area contributed by atoms with E-state index >= 15 is 0 Å².